The topological polar surface area (TPSA) is 26.3 Å². The van der Waals surface area contributed by atoms with Gasteiger partial charge in [-0.3, -0.25) is 0 Å². The molecule has 0 aromatic rings. The summed E-state index contributed by atoms with van der Waals surface area (Å²) in [6.07, 6.45) is 2.93. The Kier molecular flexibility index (Phi) is 5.07. The molecule has 0 rings (SSSR count). The van der Waals surface area contributed by atoms with Crippen LogP contribution >= 0.6 is 25.1 Å². The van der Waals surface area contributed by atoms with Crippen LogP contribution in [-0.2, 0) is 8.88 Å². The molecular formula is C8H20ClFO2P2. The Hall–Kier alpha value is 0.840. The van der Waals surface area contributed by atoms with Crippen molar-refractivity contribution in [1.82, 2.24) is 0 Å². The van der Waals surface area contributed by atoms with Crippen LogP contribution in [0.4, 0.5) is 4.20 Å². The van der Waals surface area contributed by atoms with Crippen molar-refractivity contribution in [2.75, 3.05) is 24.6 Å². The molecular weight excluding hydrogens is 244 g/mol. The molecule has 0 aliphatic heterocycles. The number of halogens is 2. The van der Waals surface area contributed by atoms with E-state index in [9.17, 15) is 8.76 Å². The minimum absolute atomic E-state index is 0.732. The molecule has 1 atom stereocenters. The first-order chi connectivity index (χ1) is 6.26. The summed E-state index contributed by atoms with van der Waals surface area (Å²) in [5, 5.41) is 0. The van der Waals surface area contributed by atoms with Gasteiger partial charge in [0.1, 0.15) is 0 Å². The molecule has 0 saturated heterocycles. The summed E-state index contributed by atoms with van der Waals surface area (Å²) in [6, 6.07) is 0. The van der Waals surface area contributed by atoms with Crippen LogP contribution in [-0.4, -0.2) is 24.6 Å². The van der Waals surface area contributed by atoms with Crippen molar-refractivity contribution in [3.63, 3.8) is 0 Å². The summed E-state index contributed by atoms with van der Waals surface area (Å²) in [4.78, 5) is 0. The average Bonchev–Trinajstić information content (AvgIpc) is 2.14. The van der Waals surface area contributed by atoms with Crippen molar-refractivity contribution in [2.45, 2.75) is 27.7 Å². The molecule has 2 nitrogen and oxygen atoms in total. The van der Waals surface area contributed by atoms with Gasteiger partial charge in [0, 0.05) is 0 Å². The van der Waals surface area contributed by atoms with Crippen molar-refractivity contribution in [1.29, 1.82) is 0 Å². The quantitative estimate of drug-likeness (QED) is 0.640. The van der Waals surface area contributed by atoms with Crippen LogP contribution < -0.4 is 0 Å². The zero-order chi connectivity index (χ0) is 11.5. The van der Waals surface area contributed by atoms with E-state index in [2.05, 4.69) is 0 Å². The van der Waals surface area contributed by atoms with E-state index in [0.717, 1.165) is 24.6 Å². The molecule has 14 heavy (non-hydrogen) atoms. The van der Waals surface area contributed by atoms with Crippen molar-refractivity contribution in [3.05, 3.63) is 0 Å². The molecule has 0 aromatic carbocycles. The summed E-state index contributed by atoms with van der Waals surface area (Å²) in [5.41, 5.74) is 0. The summed E-state index contributed by atoms with van der Waals surface area (Å²) in [5.74, 6) is 0. The molecule has 0 aliphatic carbocycles. The molecule has 0 fully saturated rings. The van der Waals surface area contributed by atoms with Crippen LogP contribution in [0.3, 0.4) is 0 Å². The number of rotatable bonds is 6. The molecule has 0 aliphatic rings. The van der Waals surface area contributed by atoms with Gasteiger partial charge in [-0.2, -0.15) is 0 Å². The summed E-state index contributed by atoms with van der Waals surface area (Å²) < 4.78 is 29.2. The molecule has 88 valence electrons. The van der Waals surface area contributed by atoms with Crippen molar-refractivity contribution in [3.8, 4) is 0 Å². The summed E-state index contributed by atoms with van der Waals surface area (Å²) >= 11 is 5.12. The van der Waals surface area contributed by atoms with E-state index >= 15 is 0 Å². The van der Waals surface area contributed by atoms with Gasteiger partial charge in [0.2, 0.25) is 0 Å². The van der Waals surface area contributed by atoms with Crippen molar-refractivity contribution < 1.29 is 13.1 Å². The van der Waals surface area contributed by atoms with Crippen LogP contribution in [0.1, 0.15) is 27.7 Å². The first-order valence-electron chi connectivity index (χ1n) is 4.98. The van der Waals surface area contributed by atoms with Crippen LogP contribution in [0, 0.1) is 0 Å². The second kappa shape index (κ2) is 4.78. The van der Waals surface area contributed by atoms with E-state index in [1.807, 2.05) is 27.7 Å². The van der Waals surface area contributed by atoms with E-state index in [0.29, 0.717) is 0 Å². The maximum atomic E-state index is 13.0. The molecule has 0 saturated carbocycles. The number of hydrogen-bond acceptors (Lipinski definition) is 2. The minimum atomic E-state index is -4.39. The first-order valence-corrected chi connectivity index (χ1v) is 10.3. The predicted octanol–water partition coefficient (Wildman–Crippen LogP) is 4.87. The zero-order valence-electron chi connectivity index (χ0n) is 9.30. The van der Waals surface area contributed by atoms with Crippen LogP contribution in [0.15, 0.2) is 0 Å². The maximum absolute atomic E-state index is 13.0. The Labute approximate surface area is 90.9 Å². The van der Waals surface area contributed by atoms with E-state index in [4.69, 9.17) is 15.6 Å². The van der Waals surface area contributed by atoms with Gasteiger partial charge in [-0.05, 0) is 0 Å². The Bertz CT molecular complexity index is 214. The molecule has 0 heterocycles. The number of hydrogen-bond donors (Lipinski definition) is 0. The molecule has 0 N–H and O–H groups in total. The molecule has 1 unspecified atom stereocenters. The third kappa shape index (κ3) is 3.17. The third-order valence-electron chi connectivity index (χ3n) is 3.53. The van der Waals surface area contributed by atoms with Gasteiger partial charge in [0.05, 0.1) is 0 Å². The SMILES string of the molecule is CCP(CC)(CC)(CC)OP(=O)(F)Cl. The van der Waals surface area contributed by atoms with Crippen LogP contribution in [0.25, 0.3) is 0 Å². The predicted molar refractivity (Wildman–Crippen MR) is 64.7 cm³/mol. The zero-order valence-corrected chi connectivity index (χ0v) is 11.8. The van der Waals surface area contributed by atoms with Gasteiger partial charge in [-0.1, -0.05) is 0 Å². The second-order valence-electron chi connectivity index (χ2n) is 3.62. The van der Waals surface area contributed by atoms with Crippen LogP contribution in [0.2, 0.25) is 0 Å². The molecule has 0 spiro atoms. The van der Waals surface area contributed by atoms with Gasteiger partial charge in [-0.25, -0.2) is 0 Å². The Morgan fingerprint density at radius 2 is 1.43 bits per heavy atom. The van der Waals surface area contributed by atoms with Crippen LogP contribution in [0.5, 0.6) is 0 Å². The molecule has 0 aromatic heterocycles. The second-order valence-corrected chi connectivity index (χ2v) is 12.6. The van der Waals surface area contributed by atoms with Gasteiger partial charge < -0.3 is 0 Å². The summed E-state index contributed by atoms with van der Waals surface area (Å²) in [6.45, 7) is 5.22. The standard InChI is InChI=1S/C8H20ClFO2P2/c1-5-14(6-2,7-3,8-4)12-13(9,10)11/h5-8H2,1-4H3. The molecule has 0 amide bonds. The molecule has 6 heteroatoms. The van der Waals surface area contributed by atoms with Gasteiger partial charge >= 0.3 is 90.5 Å². The fourth-order valence-electron chi connectivity index (χ4n) is 1.84. The van der Waals surface area contributed by atoms with Gasteiger partial charge in [-0.15, -0.1) is 0 Å². The van der Waals surface area contributed by atoms with Crippen molar-refractivity contribution in [2.24, 2.45) is 0 Å². The fourth-order valence-corrected chi connectivity index (χ4v) is 10.1. The van der Waals surface area contributed by atoms with E-state index in [1.165, 1.54) is 0 Å². The normalized spacial score (nSPS) is 19.7. The first kappa shape index (κ1) is 14.8. The fraction of sp³-hybridized carbons (Fsp3) is 1.00. The van der Waals surface area contributed by atoms with E-state index in [-0.39, 0.29) is 0 Å². The third-order valence-corrected chi connectivity index (χ3v) is 13.1. The van der Waals surface area contributed by atoms with Gasteiger partial charge in [0.25, 0.3) is 0 Å². The van der Waals surface area contributed by atoms with Gasteiger partial charge in [0.15, 0.2) is 0 Å². The monoisotopic (exact) mass is 264 g/mol. The van der Waals surface area contributed by atoms with E-state index in [1.54, 1.807) is 0 Å². The van der Waals surface area contributed by atoms with Crippen molar-refractivity contribution >= 4 is 25.1 Å². The molecule has 0 radical (unpaired) electrons. The summed E-state index contributed by atoms with van der Waals surface area (Å²) in [7, 11) is -4.39. The molecule has 0 bridgehead atoms. The van der Waals surface area contributed by atoms with E-state index < -0.39 is 13.9 Å². The Morgan fingerprint density at radius 3 is 1.50 bits per heavy atom. The Morgan fingerprint density at radius 1 is 1.14 bits per heavy atom. The average molecular weight is 265 g/mol. The Balaban J connectivity index is 5.15.